The Morgan fingerprint density at radius 1 is 1.06 bits per heavy atom. The lowest BCUT2D eigenvalue weighted by Crippen LogP contribution is -2.35. The van der Waals surface area contributed by atoms with Crippen molar-refractivity contribution in [3.8, 4) is 0 Å². The van der Waals surface area contributed by atoms with Gasteiger partial charge in [-0.1, -0.05) is 19.1 Å². The summed E-state index contributed by atoms with van der Waals surface area (Å²) in [7, 11) is 0. The zero-order valence-corrected chi connectivity index (χ0v) is 18.5. The molecule has 5 rings (SSSR count). The Labute approximate surface area is 193 Å². The molecule has 0 bridgehead atoms. The SMILES string of the molecule is CCc1cc(N2CCn3c(nnc3C(F)(F)F)C2)ncc1CNc1cccc2c(N)nccc12. The van der Waals surface area contributed by atoms with Crippen LogP contribution in [0.25, 0.3) is 10.8 Å². The highest BCUT2D eigenvalue weighted by molar-refractivity contribution is 5.99. The van der Waals surface area contributed by atoms with Gasteiger partial charge >= 0.3 is 6.18 Å². The van der Waals surface area contributed by atoms with Gasteiger partial charge in [0.15, 0.2) is 5.82 Å². The Bertz CT molecular complexity index is 1350. The van der Waals surface area contributed by atoms with E-state index in [1.165, 1.54) is 0 Å². The maximum absolute atomic E-state index is 13.1. The van der Waals surface area contributed by atoms with E-state index in [-0.39, 0.29) is 18.9 Å². The van der Waals surface area contributed by atoms with E-state index < -0.39 is 12.0 Å². The number of hydrogen-bond donors (Lipinski definition) is 2. The number of benzene rings is 1. The Balaban J connectivity index is 1.35. The summed E-state index contributed by atoms with van der Waals surface area (Å²) in [5.41, 5.74) is 9.11. The van der Waals surface area contributed by atoms with E-state index >= 15 is 0 Å². The Kier molecular flexibility index (Phi) is 5.46. The summed E-state index contributed by atoms with van der Waals surface area (Å²) in [6.07, 6.45) is -0.209. The minimum Gasteiger partial charge on any atom is -0.383 e. The standard InChI is InChI=1S/C23H23F3N8/c1-2-14-10-19(33-8-9-34-20(13-33)31-32-22(34)23(24,25)26)30-12-15(14)11-29-18-5-3-4-17-16(18)6-7-28-21(17)27/h3-7,10,12,29H,2,8-9,11,13H2,1H3,(H2,27,28). The number of anilines is 3. The Hall–Kier alpha value is -3.89. The fourth-order valence-corrected chi connectivity index (χ4v) is 4.31. The average Bonchev–Trinajstić information content (AvgIpc) is 3.27. The molecule has 11 heteroatoms. The highest BCUT2D eigenvalue weighted by Crippen LogP contribution is 2.31. The first-order valence-electron chi connectivity index (χ1n) is 10.9. The van der Waals surface area contributed by atoms with Gasteiger partial charge in [-0.2, -0.15) is 13.2 Å². The van der Waals surface area contributed by atoms with E-state index in [0.29, 0.717) is 24.7 Å². The van der Waals surface area contributed by atoms with Crippen LogP contribution in [0.5, 0.6) is 0 Å². The molecular formula is C23H23F3N8. The second kappa shape index (κ2) is 8.47. The lowest BCUT2D eigenvalue weighted by atomic mass is 10.1. The normalized spacial score (nSPS) is 13.8. The number of nitrogens with two attached hydrogens (primary N) is 1. The van der Waals surface area contributed by atoms with Gasteiger partial charge in [0.25, 0.3) is 0 Å². The quantitative estimate of drug-likeness (QED) is 0.457. The molecule has 34 heavy (non-hydrogen) atoms. The Morgan fingerprint density at radius 3 is 2.71 bits per heavy atom. The molecule has 8 nitrogen and oxygen atoms in total. The summed E-state index contributed by atoms with van der Waals surface area (Å²) >= 11 is 0. The van der Waals surface area contributed by atoms with Crippen molar-refractivity contribution in [2.24, 2.45) is 0 Å². The van der Waals surface area contributed by atoms with Crippen molar-refractivity contribution >= 4 is 28.1 Å². The molecule has 0 radical (unpaired) electrons. The molecule has 0 unspecified atom stereocenters. The molecule has 0 saturated heterocycles. The molecule has 4 aromatic rings. The van der Waals surface area contributed by atoms with E-state index in [1.54, 1.807) is 6.20 Å². The number of aromatic nitrogens is 5. The number of hydrogen-bond acceptors (Lipinski definition) is 7. The van der Waals surface area contributed by atoms with Crippen molar-refractivity contribution in [1.82, 2.24) is 24.7 Å². The first-order valence-corrected chi connectivity index (χ1v) is 10.9. The lowest BCUT2D eigenvalue weighted by molar-refractivity contribution is -0.147. The van der Waals surface area contributed by atoms with Gasteiger partial charge in [0, 0.05) is 48.5 Å². The number of alkyl halides is 3. The minimum absolute atomic E-state index is 0.155. The van der Waals surface area contributed by atoms with Gasteiger partial charge in [-0.05, 0) is 35.7 Å². The summed E-state index contributed by atoms with van der Waals surface area (Å²) in [6.45, 7) is 3.41. The van der Waals surface area contributed by atoms with Crippen LogP contribution in [0.1, 0.15) is 29.7 Å². The monoisotopic (exact) mass is 468 g/mol. The van der Waals surface area contributed by atoms with Crippen molar-refractivity contribution in [2.75, 3.05) is 22.5 Å². The van der Waals surface area contributed by atoms with Crippen molar-refractivity contribution < 1.29 is 13.2 Å². The third kappa shape index (κ3) is 3.97. The third-order valence-electron chi connectivity index (χ3n) is 6.09. The van der Waals surface area contributed by atoms with Crippen molar-refractivity contribution in [3.05, 3.63) is 65.5 Å². The third-order valence-corrected chi connectivity index (χ3v) is 6.09. The number of pyridine rings is 2. The molecule has 0 spiro atoms. The van der Waals surface area contributed by atoms with Crippen LogP contribution in [0.3, 0.4) is 0 Å². The highest BCUT2D eigenvalue weighted by Gasteiger charge is 2.39. The first kappa shape index (κ1) is 21.9. The van der Waals surface area contributed by atoms with E-state index in [9.17, 15) is 13.2 Å². The van der Waals surface area contributed by atoms with Gasteiger partial charge in [-0.25, -0.2) is 9.97 Å². The summed E-state index contributed by atoms with van der Waals surface area (Å²) in [5.74, 6) is 0.541. The number of halogens is 3. The molecule has 1 aliphatic heterocycles. The minimum atomic E-state index is -4.51. The molecule has 176 valence electrons. The van der Waals surface area contributed by atoms with Gasteiger partial charge in [0.2, 0.25) is 5.82 Å². The van der Waals surface area contributed by atoms with Crippen LogP contribution < -0.4 is 16.0 Å². The lowest BCUT2D eigenvalue weighted by Gasteiger charge is -2.29. The number of aryl methyl sites for hydroxylation is 1. The summed E-state index contributed by atoms with van der Waals surface area (Å²) in [6, 6.07) is 9.79. The molecule has 0 saturated carbocycles. The van der Waals surface area contributed by atoms with Crippen molar-refractivity contribution in [3.63, 3.8) is 0 Å². The van der Waals surface area contributed by atoms with Crippen LogP contribution >= 0.6 is 0 Å². The second-order valence-electron chi connectivity index (χ2n) is 8.13. The van der Waals surface area contributed by atoms with Gasteiger partial charge in [0.1, 0.15) is 11.6 Å². The molecule has 3 aromatic heterocycles. The fraction of sp³-hybridized carbons (Fsp3) is 0.304. The molecule has 1 aliphatic rings. The molecular weight excluding hydrogens is 445 g/mol. The van der Waals surface area contributed by atoms with E-state index in [4.69, 9.17) is 5.73 Å². The molecule has 1 aromatic carbocycles. The predicted octanol–water partition coefficient (Wildman–Crippen LogP) is 4.02. The number of nitrogens with zero attached hydrogens (tertiary/aromatic N) is 6. The molecule has 0 fully saturated rings. The zero-order chi connectivity index (χ0) is 23.9. The van der Waals surface area contributed by atoms with E-state index in [2.05, 4.69) is 32.4 Å². The highest BCUT2D eigenvalue weighted by atomic mass is 19.4. The van der Waals surface area contributed by atoms with Crippen molar-refractivity contribution in [1.29, 1.82) is 0 Å². The molecule has 3 N–H and O–H groups in total. The van der Waals surface area contributed by atoms with Gasteiger partial charge in [0.05, 0.1) is 6.54 Å². The van der Waals surface area contributed by atoms with E-state index in [1.807, 2.05) is 41.4 Å². The van der Waals surface area contributed by atoms with Crippen LogP contribution in [0.4, 0.5) is 30.5 Å². The van der Waals surface area contributed by atoms with Crippen molar-refractivity contribution in [2.45, 2.75) is 39.2 Å². The average molecular weight is 468 g/mol. The maximum atomic E-state index is 13.1. The summed E-state index contributed by atoms with van der Waals surface area (Å²) < 4.78 is 40.5. The smallest absolute Gasteiger partial charge is 0.383 e. The van der Waals surface area contributed by atoms with E-state index in [0.717, 1.165) is 38.6 Å². The largest absolute Gasteiger partial charge is 0.451 e. The maximum Gasteiger partial charge on any atom is 0.451 e. The molecule has 0 aliphatic carbocycles. The van der Waals surface area contributed by atoms with Crippen LogP contribution in [0.15, 0.2) is 42.7 Å². The van der Waals surface area contributed by atoms with Gasteiger partial charge in [-0.15, -0.1) is 10.2 Å². The second-order valence-corrected chi connectivity index (χ2v) is 8.13. The number of fused-ring (bicyclic) bond motifs is 2. The predicted molar refractivity (Wildman–Crippen MR) is 123 cm³/mol. The topological polar surface area (TPSA) is 97.8 Å². The molecule has 0 amide bonds. The summed E-state index contributed by atoms with van der Waals surface area (Å²) in [4.78, 5) is 10.7. The number of rotatable bonds is 5. The summed E-state index contributed by atoms with van der Waals surface area (Å²) in [5, 5.41) is 12.5. The molecule has 0 atom stereocenters. The first-order chi connectivity index (χ1) is 16.3. The fourth-order valence-electron chi connectivity index (χ4n) is 4.31. The number of nitrogen functional groups attached to an aromatic ring is 1. The Morgan fingerprint density at radius 2 is 1.91 bits per heavy atom. The van der Waals surface area contributed by atoms with Crippen LogP contribution in [-0.4, -0.2) is 31.3 Å². The van der Waals surface area contributed by atoms with Crippen LogP contribution in [-0.2, 0) is 32.2 Å². The van der Waals surface area contributed by atoms with Crippen LogP contribution in [0.2, 0.25) is 0 Å². The van der Waals surface area contributed by atoms with Gasteiger partial charge in [-0.3, -0.25) is 0 Å². The van der Waals surface area contributed by atoms with Crippen LogP contribution in [0, 0.1) is 0 Å². The zero-order valence-electron chi connectivity index (χ0n) is 18.5. The van der Waals surface area contributed by atoms with Gasteiger partial charge < -0.3 is 20.5 Å². The molecule has 4 heterocycles. The number of nitrogens with one attached hydrogen (secondary N) is 1.